The number of hydrogen-bond acceptors (Lipinski definition) is 10. The van der Waals surface area contributed by atoms with Gasteiger partial charge in [-0.2, -0.15) is 0 Å². The summed E-state index contributed by atoms with van der Waals surface area (Å²) in [6.07, 6.45) is 2.13. The standard InChI is InChI=1S/C28H26N4O8S/c33-25(29-12-17-5-6-21-22(9-17)38-15-37-21)4-1-7-32-27(35)19-10-23-24(40-16-39-23)11-20(19)31-28(32)41-14-26(34)30-13-18-3-2-8-36-18/h2-3,5-6,8-11H,1,4,7,12-16H2,(H,29,33)(H,30,34). The van der Waals surface area contributed by atoms with E-state index in [0.717, 1.165) is 17.3 Å². The highest BCUT2D eigenvalue weighted by Gasteiger charge is 2.20. The highest BCUT2D eigenvalue weighted by atomic mass is 32.2. The van der Waals surface area contributed by atoms with Gasteiger partial charge in [0.05, 0.1) is 29.5 Å². The third kappa shape index (κ3) is 6.09. The van der Waals surface area contributed by atoms with Crippen molar-refractivity contribution in [3.05, 3.63) is 70.4 Å². The van der Waals surface area contributed by atoms with E-state index in [4.69, 9.17) is 23.4 Å². The Labute approximate surface area is 237 Å². The maximum Gasteiger partial charge on any atom is 0.262 e. The Morgan fingerprint density at radius 3 is 2.46 bits per heavy atom. The number of aromatic nitrogens is 2. The molecule has 212 valence electrons. The molecule has 41 heavy (non-hydrogen) atoms. The minimum Gasteiger partial charge on any atom is -0.467 e. The topological polar surface area (TPSA) is 143 Å². The van der Waals surface area contributed by atoms with E-state index in [-0.39, 0.29) is 56.2 Å². The lowest BCUT2D eigenvalue weighted by Gasteiger charge is -2.13. The molecule has 0 fully saturated rings. The Morgan fingerprint density at radius 2 is 1.66 bits per heavy atom. The van der Waals surface area contributed by atoms with Gasteiger partial charge in [-0.3, -0.25) is 19.0 Å². The van der Waals surface area contributed by atoms with Gasteiger partial charge in [0.2, 0.25) is 25.4 Å². The molecule has 0 saturated carbocycles. The van der Waals surface area contributed by atoms with Gasteiger partial charge in [-0.05, 0) is 42.3 Å². The maximum atomic E-state index is 13.5. The smallest absolute Gasteiger partial charge is 0.262 e. The number of nitrogens with zero attached hydrogens (tertiary/aromatic N) is 2. The number of ether oxygens (including phenoxy) is 4. The van der Waals surface area contributed by atoms with E-state index >= 15 is 0 Å². The van der Waals surface area contributed by atoms with Crippen molar-refractivity contribution >= 4 is 34.5 Å². The first-order chi connectivity index (χ1) is 20.0. The van der Waals surface area contributed by atoms with Gasteiger partial charge in [0.25, 0.3) is 5.56 Å². The van der Waals surface area contributed by atoms with Crippen LogP contribution in [0.3, 0.4) is 0 Å². The average molecular weight is 579 g/mol. The van der Waals surface area contributed by atoms with Crippen molar-refractivity contribution in [3.8, 4) is 23.0 Å². The largest absolute Gasteiger partial charge is 0.467 e. The SMILES string of the molecule is O=C(CCCn1c(SCC(=O)NCc2ccco2)nc2cc3c(cc2c1=O)OCO3)NCc1ccc2c(c1)OCO2. The lowest BCUT2D eigenvalue weighted by molar-refractivity contribution is -0.121. The lowest BCUT2D eigenvalue weighted by atomic mass is 10.2. The minimum atomic E-state index is -0.285. The summed E-state index contributed by atoms with van der Waals surface area (Å²) >= 11 is 1.15. The Hall–Kier alpha value is -4.65. The second-order valence-electron chi connectivity index (χ2n) is 9.29. The molecule has 4 aromatic rings. The zero-order valence-electron chi connectivity index (χ0n) is 21.8. The van der Waals surface area contributed by atoms with Crippen LogP contribution in [-0.2, 0) is 29.2 Å². The van der Waals surface area contributed by atoms with Crippen LogP contribution in [0, 0.1) is 0 Å². The quantitative estimate of drug-likeness (QED) is 0.201. The number of fused-ring (bicyclic) bond motifs is 3. The molecule has 0 unspecified atom stereocenters. The van der Waals surface area contributed by atoms with Gasteiger partial charge in [0.15, 0.2) is 28.2 Å². The third-order valence-corrected chi connectivity index (χ3v) is 7.47. The number of thioether (sulfide) groups is 1. The van der Waals surface area contributed by atoms with Gasteiger partial charge in [0, 0.05) is 25.6 Å². The molecule has 2 N–H and O–H groups in total. The second kappa shape index (κ2) is 11.8. The number of carbonyl (C=O) groups excluding carboxylic acids is 2. The van der Waals surface area contributed by atoms with Crippen LogP contribution in [0.15, 0.2) is 63.1 Å². The van der Waals surface area contributed by atoms with Crippen LogP contribution in [0.1, 0.15) is 24.2 Å². The molecule has 2 aromatic heterocycles. The zero-order valence-corrected chi connectivity index (χ0v) is 22.7. The van der Waals surface area contributed by atoms with Crippen molar-refractivity contribution < 1.29 is 33.0 Å². The first-order valence-electron chi connectivity index (χ1n) is 12.9. The van der Waals surface area contributed by atoms with Crippen molar-refractivity contribution in [1.29, 1.82) is 0 Å². The summed E-state index contributed by atoms with van der Waals surface area (Å²) in [4.78, 5) is 43.3. The number of furan rings is 1. The van der Waals surface area contributed by atoms with Crippen LogP contribution in [0.5, 0.6) is 23.0 Å². The Kier molecular flexibility index (Phi) is 7.67. The predicted molar refractivity (Wildman–Crippen MR) is 147 cm³/mol. The van der Waals surface area contributed by atoms with Gasteiger partial charge in [-0.1, -0.05) is 17.8 Å². The molecule has 0 radical (unpaired) electrons. The minimum absolute atomic E-state index is 0.0409. The van der Waals surface area contributed by atoms with Gasteiger partial charge in [-0.15, -0.1) is 0 Å². The van der Waals surface area contributed by atoms with Crippen LogP contribution < -0.4 is 35.1 Å². The number of carbonyl (C=O) groups is 2. The van der Waals surface area contributed by atoms with E-state index < -0.39 is 0 Å². The molecule has 2 amide bonds. The van der Waals surface area contributed by atoms with Crippen LogP contribution in [-0.4, -0.2) is 40.7 Å². The monoisotopic (exact) mass is 578 g/mol. The van der Waals surface area contributed by atoms with E-state index in [0.29, 0.717) is 57.8 Å². The molecule has 2 aliphatic rings. The summed E-state index contributed by atoms with van der Waals surface area (Å²) in [5.74, 6) is 2.61. The lowest BCUT2D eigenvalue weighted by Crippen LogP contribution is -2.27. The summed E-state index contributed by atoms with van der Waals surface area (Å²) in [6, 6.07) is 12.3. The van der Waals surface area contributed by atoms with E-state index in [1.165, 1.54) is 10.8 Å². The van der Waals surface area contributed by atoms with Crippen LogP contribution in [0.4, 0.5) is 0 Å². The molecule has 0 bridgehead atoms. The second-order valence-corrected chi connectivity index (χ2v) is 10.2. The van der Waals surface area contributed by atoms with Crippen LogP contribution in [0.2, 0.25) is 0 Å². The predicted octanol–water partition coefficient (Wildman–Crippen LogP) is 2.95. The molecule has 12 nitrogen and oxygen atoms in total. The molecule has 0 aliphatic carbocycles. The Bertz CT molecular complexity index is 1650. The van der Waals surface area contributed by atoms with Crippen LogP contribution in [0.25, 0.3) is 10.9 Å². The number of amides is 2. The third-order valence-electron chi connectivity index (χ3n) is 6.50. The highest BCUT2D eigenvalue weighted by molar-refractivity contribution is 7.99. The first-order valence-corrected chi connectivity index (χ1v) is 13.9. The van der Waals surface area contributed by atoms with E-state index in [1.54, 1.807) is 24.3 Å². The maximum absolute atomic E-state index is 13.5. The normalized spacial score (nSPS) is 13.0. The van der Waals surface area contributed by atoms with Gasteiger partial charge in [-0.25, -0.2) is 4.98 Å². The molecule has 0 spiro atoms. The van der Waals surface area contributed by atoms with Crippen molar-refractivity contribution in [2.75, 3.05) is 19.3 Å². The summed E-state index contributed by atoms with van der Waals surface area (Å²) in [6.45, 7) is 1.10. The molecule has 0 saturated heterocycles. The molecule has 6 rings (SSSR count). The molecule has 2 aromatic carbocycles. The van der Waals surface area contributed by atoms with E-state index in [2.05, 4.69) is 15.6 Å². The average Bonchev–Trinajstić information content (AvgIpc) is 3.76. The first kappa shape index (κ1) is 26.6. The van der Waals surface area contributed by atoms with Crippen molar-refractivity contribution in [1.82, 2.24) is 20.2 Å². The fourth-order valence-corrected chi connectivity index (χ4v) is 5.27. The van der Waals surface area contributed by atoms with Gasteiger partial charge < -0.3 is 34.0 Å². The Morgan fingerprint density at radius 1 is 0.902 bits per heavy atom. The number of nitrogens with one attached hydrogen (secondary N) is 2. The van der Waals surface area contributed by atoms with Crippen molar-refractivity contribution in [2.45, 2.75) is 37.6 Å². The van der Waals surface area contributed by atoms with E-state index in [1.807, 2.05) is 18.2 Å². The van der Waals surface area contributed by atoms with E-state index in [9.17, 15) is 14.4 Å². The summed E-state index contributed by atoms with van der Waals surface area (Å²) in [7, 11) is 0. The zero-order chi connectivity index (χ0) is 28.2. The van der Waals surface area contributed by atoms with Crippen molar-refractivity contribution in [3.63, 3.8) is 0 Å². The summed E-state index contributed by atoms with van der Waals surface area (Å²) < 4.78 is 28.3. The fourth-order valence-electron chi connectivity index (χ4n) is 4.42. The Balaban J connectivity index is 1.12. The summed E-state index contributed by atoms with van der Waals surface area (Å²) in [5, 5.41) is 6.42. The van der Waals surface area contributed by atoms with Crippen LogP contribution >= 0.6 is 11.8 Å². The molecule has 4 heterocycles. The molecule has 13 heteroatoms. The fraction of sp³-hybridized carbons (Fsp3) is 0.286. The molecule has 0 atom stereocenters. The van der Waals surface area contributed by atoms with Gasteiger partial charge >= 0.3 is 0 Å². The van der Waals surface area contributed by atoms with Crippen molar-refractivity contribution in [2.24, 2.45) is 0 Å². The number of rotatable bonds is 11. The molecule has 2 aliphatic heterocycles. The molecular weight excluding hydrogens is 552 g/mol. The highest BCUT2D eigenvalue weighted by Crippen LogP contribution is 2.35. The summed E-state index contributed by atoms with van der Waals surface area (Å²) in [5.41, 5.74) is 1.04. The number of hydrogen-bond donors (Lipinski definition) is 2. The number of benzene rings is 2. The molecular formula is C28H26N4O8S. The van der Waals surface area contributed by atoms with Gasteiger partial charge in [0.1, 0.15) is 5.76 Å².